The molecule has 1 aromatic rings. The SMILES string of the molecule is O=C1NC(=O)C(=Cc2ccnc(N3CCC(CO)(CO)CC3)n2)S1. The molecule has 0 unspecified atom stereocenters. The smallest absolute Gasteiger partial charge is 0.290 e. The van der Waals surface area contributed by atoms with Crippen molar-refractivity contribution in [1.29, 1.82) is 0 Å². The third-order valence-corrected chi connectivity index (χ3v) is 5.17. The Balaban J connectivity index is 1.74. The number of aliphatic hydroxyl groups excluding tert-OH is 2. The van der Waals surface area contributed by atoms with Crippen LogP contribution in [0.2, 0.25) is 0 Å². The summed E-state index contributed by atoms with van der Waals surface area (Å²) in [7, 11) is 0. The summed E-state index contributed by atoms with van der Waals surface area (Å²) in [6, 6.07) is 1.67. The topological polar surface area (TPSA) is 116 Å². The Morgan fingerprint density at radius 2 is 2.00 bits per heavy atom. The van der Waals surface area contributed by atoms with E-state index in [2.05, 4.69) is 15.3 Å². The van der Waals surface area contributed by atoms with Gasteiger partial charge in [0, 0.05) is 24.7 Å². The second-order valence-electron chi connectivity index (χ2n) is 5.94. The molecule has 3 heterocycles. The number of hydrogen-bond acceptors (Lipinski definition) is 8. The molecular weight excluding hydrogens is 332 g/mol. The highest BCUT2D eigenvalue weighted by atomic mass is 32.2. The maximum Gasteiger partial charge on any atom is 0.290 e. The van der Waals surface area contributed by atoms with Crippen LogP contribution in [0.25, 0.3) is 6.08 Å². The second-order valence-corrected chi connectivity index (χ2v) is 6.95. The number of carbonyl (C=O) groups is 2. The van der Waals surface area contributed by atoms with E-state index < -0.39 is 11.3 Å². The summed E-state index contributed by atoms with van der Waals surface area (Å²) >= 11 is 0.848. The monoisotopic (exact) mass is 350 g/mol. The van der Waals surface area contributed by atoms with Crippen LogP contribution in [0.1, 0.15) is 18.5 Å². The minimum atomic E-state index is -0.435. The van der Waals surface area contributed by atoms with Crippen LogP contribution in [0.4, 0.5) is 10.7 Å². The van der Waals surface area contributed by atoms with Gasteiger partial charge in [0.15, 0.2) is 0 Å². The third-order valence-electron chi connectivity index (χ3n) is 4.36. The zero-order valence-corrected chi connectivity index (χ0v) is 13.8. The van der Waals surface area contributed by atoms with Gasteiger partial charge in [-0.05, 0) is 36.7 Å². The molecule has 128 valence electrons. The van der Waals surface area contributed by atoms with Gasteiger partial charge in [0.2, 0.25) is 5.95 Å². The van der Waals surface area contributed by atoms with Crippen molar-refractivity contribution >= 4 is 34.9 Å². The van der Waals surface area contributed by atoms with Gasteiger partial charge >= 0.3 is 0 Å². The molecule has 0 bridgehead atoms. The quantitative estimate of drug-likeness (QED) is 0.667. The molecule has 0 aliphatic carbocycles. The molecule has 9 heteroatoms. The number of nitrogens with zero attached hydrogens (tertiary/aromatic N) is 3. The normalized spacial score (nSPS) is 22.1. The van der Waals surface area contributed by atoms with Crippen molar-refractivity contribution in [2.24, 2.45) is 5.41 Å². The molecule has 1 aromatic heterocycles. The number of imide groups is 1. The lowest BCUT2D eigenvalue weighted by Gasteiger charge is -2.39. The molecule has 0 radical (unpaired) electrons. The zero-order chi connectivity index (χ0) is 17.2. The van der Waals surface area contributed by atoms with Crippen LogP contribution >= 0.6 is 11.8 Å². The molecule has 2 saturated heterocycles. The van der Waals surface area contributed by atoms with E-state index in [4.69, 9.17) is 0 Å². The lowest BCUT2D eigenvalue weighted by atomic mass is 9.80. The van der Waals surface area contributed by atoms with Crippen molar-refractivity contribution in [2.75, 3.05) is 31.2 Å². The van der Waals surface area contributed by atoms with Crippen molar-refractivity contribution < 1.29 is 19.8 Å². The number of nitrogens with one attached hydrogen (secondary N) is 1. The fourth-order valence-electron chi connectivity index (χ4n) is 2.70. The Morgan fingerprint density at radius 3 is 2.58 bits per heavy atom. The number of thioether (sulfide) groups is 1. The van der Waals surface area contributed by atoms with Crippen molar-refractivity contribution in [2.45, 2.75) is 12.8 Å². The summed E-state index contributed by atoms with van der Waals surface area (Å²) in [6.45, 7) is 1.19. The average molecular weight is 350 g/mol. The summed E-state index contributed by atoms with van der Waals surface area (Å²) in [5.74, 6) is 0.113. The van der Waals surface area contributed by atoms with E-state index in [1.807, 2.05) is 4.90 Å². The highest BCUT2D eigenvalue weighted by Crippen LogP contribution is 2.32. The second kappa shape index (κ2) is 6.88. The van der Waals surface area contributed by atoms with E-state index >= 15 is 0 Å². The van der Waals surface area contributed by atoms with Crippen LogP contribution in [-0.2, 0) is 4.79 Å². The van der Waals surface area contributed by atoms with Crippen LogP contribution in [-0.4, -0.2) is 57.6 Å². The van der Waals surface area contributed by atoms with Gasteiger partial charge in [0.25, 0.3) is 11.1 Å². The summed E-state index contributed by atoms with van der Waals surface area (Å²) < 4.78 is 0. The van der Waals surface area contributed by atoms with Crippen molar-refractivity contribution in [3.05, 3.63) is 22.9 Å². The van der Waals surface area contributed by atoms with Crippen molar-refractivity contribution in [3.8, 4) is 0 Å². The maximum atomic E-state index is 11.6. The Morgan fingerprint density at radius 1 is 1.29 bits per heavy atom. The predicted molar refractivity (Wildman–Crippen MR) is 89.2 cm³/mol. The van der Waals surface area contributed by atoms with Crippen molar-refractivity contribution in [1.82, 2.24) is 15.3 Å². The number of rotatable bonds is 4. The number of aliphatic hydroxyl groups is 2. The fourth-order valence-corrected chi connectivity index (χ4v) is 3.36. The Bertz CT molecular complexity index is 680. The summed E-state index contributed by atoms with van der Waals surface area (Å²) in [5.41, 5.74) is 0.114. The number of carbonyl (C=O) groups excluding carboxylic acids is 2. The van der Waals surface area contributed by atoms with Gasteiger partial charge in [-0.15, -0.1) is 0 Å². The molecule has 3 N–H and O–H groups in total. The third kappa shape index (κ3) is 3.42. The Kier molecular flexibility index (Phi) is 4.83. The summed E-state index contributed by atoms with van der Waals surface area (Å²) in [4.78, 5) is 33.8. The Labute approximate surface area is 143 Å². The molecule has 0 aromatic carbocycles. The van der Waals surface area contributed by atoms with Crippen LogP contribution < -0.4 is 10.2 Å². The number of hydrogen-bond donors (Lipinski definition) is 3. The molecule has 2 aliphatic rings. The maximum absolute atomic E-state index is 11.6. The van der Waals surface area contributed by atoms with E-state index in [1.54, 1.807) is 18.3 Å². The minimum absolute atomic E-state index is 0.0370. The molecule has 3 rings (SSSR count). The van der Waals surface area contributed by atoms with Gasteiger partial charge in [0.05, 0.1) is 23.8 Å². The Hall–Kier alpha value is -1.97. The molecule has 0 spiro atoms. The number of anilines is 1. The van der Waals surface area contributed by atoms with Crippen LogP contribution in [0.3, 0.4) is 0 Å². The lowest BCUT2D eigenvalue weighted by molar-refractivity contribution is -0.115. The molecule has 8 nitrogen and oxygen atoms in total. The van der Waals surface area contributed by atoms with Crippen LogP contribution in [0.5, 0.6) is 0 Å². The van der Waals surface area contributed by atoms with Gasteiger partial charge in [-0.3, -0.25) is 14.9 Å². The van der Waals surface area contributed by atoms with Gasteiger partial charge in [-0.25, -0.2) is 9.97 Å². The summed E-state index contributed by atoms with van der Waals surface area (Å²) in [6.07, 6.45) is 4.47. The molecular formula is C15H18N4O4S. The lowest BCUT2D eigenvalue weighted by Crippen LogP contribution is -2.44. The van der Waals surface area contributed by atoms with E-state index in [0.717, 1.165) is 11.8 Å². The molecule has 2 amide bonds. The first-order valence-electron chi connectivity index (χ1n) is 7.60. The molecule has 0 atom stereocenters. The molecule has 2 aliphatic heterocycles. The van der Waals surface area contributed by atoms with Gasteiger partial charge in [-0.1, -0.05) is 0 Å². The molecule has 24 heavy (non-hydrogen) atoms. The first-order valence-corrected chi connectivity index (χ1v) is 8.41. The molecule has 0 saturated carbocycles. The van der Waals surface area contributed by atoms with Gasteiger partial charge in [0.1, 0.15) is 0 Å². The predicted octanol–water partition coefficient (Wildman–Crippen LogP) is 0.372. The first kappa shape index (κ1) is 16.9. The van der Waals surface area contributed by atoms with Crippen molar-refractivity contribution in [3.63, 3.8) is 0 Å². The van der Waals surface area contributed by atoms with Crippen LogP contribution in [0.15, 0.2) is 17.2 Å². The average Bonchev–Trinajstić information content (AvgIpc) is 2.92. The van der Waals surface area contributed by atoms with Crippen LogP contribution in [0, 0.1) is 5.41 Å². The minimum Gasteiger partial charge on any atom is -0.396 e. The van der Waals surface area contributed by atoms with E-state index in [0.29, 0.717) is 42.5 Å². The standard InChI is InChI=1S/C15H18N4O4S/c20-8-15(9-21)2-5-19(6-3-15)13-16-4-1-10(17-13)7-11-12(22)18-14(23)24-11/h1,4,7,20-21H,2-3,5-6,8-9H2,(H,18,22,23). The fraction of sp³-hybridized carbons (Fsp3) is 0.467. The van der Waals surface area contributed by atoms with E-state index in [9.17, 15) is 19.8 Å². The van der Waals surface area contributed by atoms with Gasteiger partial charge in [-0.2, -0.15) is 0 Å². The highest BCUT2D eigenvalue weighted by molar-refractivity contribution is 8.18. The first-order chi connectivity index (χ1) is 11.5. The largest absolute Gasteiger partial charge is 0.396 e. The number of piperidine rings is 1. The van der Waals surface area contributed by atoms with E-state index in [-0.39, 0.29) is 18.5 Å². The van der Waals surface area contributed by atoms with Gasteiger partial charge < -0.3 is 15.1 Å². The number of amides is 2. The van der Waals surface area contributed by atoms with E-state index in [1.165, 1.54) is 0 Å². The molecule has 2 fully saturated rings. The number of aromatic nitrogens is 2. The summed E-state index contributed by atoms with van der Waals surface area (Å²) in [5, 5.41) is 20.7. The highest BCUT2D eigenvalue weighted by Gasteiger charge is 2.34. The zero-order valence-electron chi connectivity index (χ0n) is 12.9.